The van der Waals surface area contributed by atoms with E-state index in [1.807, 2.05) is 31.2 Å². The van der Waals surface area contributed by atoms with Crippen LogP contribution in [0.15, 0.2) is 24.3 Å². The molecule has 0 aliphatic rings. The molecule has 1 atom stereocenters. The molecule has 0 bridgehead atoms. The molecule has 0 aromatic heterocycles. The molecule has 0 saturated carbocycles. The molecule has 1 aromatic carbocycles. The number of hydrogen-bond acceptors (Lipinski definition) is 2. The van der Waals surface area contributed by atoms with Gasteiger partial charge in [-0.2, -0.15) is 0 Å². The number of aliphatic carboxylic acids is 1. The van der Waals surface area contributed by atoms with Crippen LogP contribution in [-0.4, -0.2) is 24.8 Å². The Morgan fingerprint density at radius 2 is 2.00 bits per heavy atom. The quantitative estimate of drug-likeness (QED) is 0.806. The summed E-state index contributed by atoms with van der Waals surface area (Å²) in [6.07, 6.45) is 0.509. The van der Waals surface area contributed by atoms with Crippen LogP contribution < -0.4 is 0 Å². The lowest BCUT2D eigenvalue weighted by atomic mass is 9.95. The van der Waals surface area contributed by atoms with E-state index in [4.69, 9.17) is 9.84 Å². The molecule has 0 heterocycles. The minimum absolute atomic E-state index is 0.463. The van der Waals surface area contributed by atoms with Crippen molar-refractivity contribution in [2.75, 3.05) is 13.7 Å². The molecule has 0 radical (unpaired) electrons. The zero-order valence-electron chi connectivity index (χ0n) is 9.06. The minimum Gasteiger partial charge on any atom is -0.481 e. The zero-order valence-corrected chi connectivity index (χ0v) is 9.06. The lowest BCUT2D eigenvalue weighted by Crippen LogP contribution is -2.13. The van der Waals surface area contributed by atoms with Gasteiger partial charge in [0.25, 0.3) is 0 Å². The molecule has 1 unspecified atom stereocenters. The van der Waals surface area contributed by atoms with Crippen molar-refractivity contribution >= 4 is 5.97 Å². The Kier molecular flexibility index (Phi) is 4.31. The molecular weight excluding hydrogens is 192 g/mol. The van der Waals surface area contributed by atoms with E-state index in [1.165, 1.54) is 0 Å². The van der Waals surface area contributed by atoms with Crippen molar-refractivity contribution < 1.29 is 14.6 Å². The van der Waals surface area contributed by atoms with Crippen LogP contribution in [0.5, 0.6) is 0 Å². The number of ether oxygens (including phenoxy) is 1. The Bertz CT molecular complexity index is 316. The second-order valence-electron chi connectivity index (χ2n) is 3.58. The Labute approximate surface area is 89.7 Å². The summed E-state index contributed by atoms with van der Waals surface area (Å²) in [6, 6.07) is 7.59. The minimum atomic E-state index is -0.795. The first-order chi connectivity index (χ1) is 7.15. The van der Waals surface area contributed by atoms with Crippen LogP contribution >= 0.6 is 0 Å². The molecule has 82 valence electrons. The van der Waals surface area contributed by atoms with Gasteiger partial charge < -0.3 is 9.84 Å². The van der Waals surface area contributed by atoms with E-state index in [-0.39, 0.29) is 0 Å². The van der Waals surface area contributed by atoms with Gasteiger partial charge in [-0.15, -0.1) is 0 Å². The molecule has 1 N–H and O–H groups in total. The molecule has 3 nitrogen and oxygen atoms in total. The molecule has 3 heteroatoms. The zero-order chi connectivity index (χ0) is 11.3. The highest BCUT2D eigenvalue weighted by molar-refractivity contribution is 5.76. The highest BCUT2D eigenvalue weighted by atomic mass is 16.5. The summed E-state index contributed by atoms with van der Waals surface area (Å²) in [5.41, 5.74) is 1.97. The average Bonchev–Trinajstić information content (AvgIpc) is 2.21. The molecule has 0 fully saturated rings. The topological polar surface area (TPSA) is 46.5 Å². The Morgan fingerprint density at radius 3 is 2.47 bits per heavy atom. The van der Waals surface area contributed by atoms with Gasteiger partial charge in [-0.05, 0) is 18.9 Å². The van der Waals surface area contributed by atoms with E-state index >= 15 is 0 Å². The Hall–Kier alpha value is -1.35. The molecule has 1 aromatic rings. The lowest BCUT2D eigenvalue weighted by Gasteiger charge is -2.12. The third kappa shape index (κ3) is 3.36. The number of carbonyl (C=O) groups is 1. The van der Waals surface area contributed by atoms with Gasteiger partial charge in [0.1, 0.15) is 0 Å². The summed E-state index contributed by atoms with van der Waals surface area (Å²) >= 11 is 0. The third-order valence-electron chi connectivity index (χ3n) is 2.39. The van der Waals surface area contributed by atoms with Crippen LogP contribution in [0.4, 0.5) is 0 Å². The Morgan fingerprint density at radius 1 is 1.40 bits per heavy atom. The molecule has 0 aliphatic heterocycles. The average molecular weight is 208 g/mol. The summed E-state index contributed by atoms with van der Waals surface area (Å²) in [5, 5.41) is 9.07. The van der Waals surface area contributed by atoms with Crippen LogP contribution in [0.25, 0.3) is 0 Å². The number of benzene rings is 1. The Balaban J connectivity index is 2.79. The first kappa shape index (κ1) is 11.7. The van der Waals surface area contributed by atoms with Gasteiger partial charge >= 0.3 is 5.97 Å². The van der Waals surface area contributed by atoms with E-state index in [1.54, 1.807) is 7.11 Å². The largest absolute Gasteiger partial charge is 0.481 e. The maximum Gasteiger partial charge on any atom is 0.311 e. The predicted molar refractivity (Wildman–Crippen MR) is 58.0 cm³/mol. The van der Waals surface area contributed by atoms with Crippen molar-refractivity contribution in [2.45, 2.75) is 19.3 Å². The van der Waals surface area contributed by atoms with Crippen LogP contribution in [0.3, 0.4) is 0 Å². The molecule has 15 heavy (non-hydrogen) atoms. The van der Waals surface area contributed by atoms with E-state index in [0.29, 0.717) is 13.0 Å². The van der Waals surface area contributed by atoms with Gasteiger partial charge in [0.05, 0.1) is 5.92 Å². The highest BCUT2D eigenvalue weighted by Crippen LogP contribution is 2.20. The second-order valence-corrected chi connectivity index (χ2v) is 3.58. The van der Waals surface area contributed by atoms with E-state index in [2.05, 4.69) is 0 Å². The molecule has 0 spiro atoms. The van der Waals surface area contributed by atoms with Crippen molar-refractivity contribution in [1.82, 2.24) is 0 Å². The number of hydrogen-bond donors (Lipinski definition) is 1. The predicted octanol–water partition coefficient (Wildman–Crippen LogP) is 2.20. The fourth-order valence-corrected chi connectivity index (χ4v) is 1.47. The molecule has 0 saturated heterocycles. The maximum absolute atomic E-state index is 11.0. The van der Waals surface area contributed by atoms with Gasteiger partial charge in [0, 0.05) is 13.7 Å². The molecule has 1 rings (SSSR count). The molecule has 0 amide bonds. The van der Waals surface area contributed by atoms with Gasteiger partial charge in [-0.25, -0.2) is 0 Å². The van der Waals surface area contributed by atoms with Gasteiger partial charge in [0.15, 0.2) is 0 Å². The van der Waals surface area contributed by atoms with Crippen LogP contribution in [-0.2, 0) is 9.53 Å². The standard InChI is InChI=1S/C12H16O3/c1-9-3-5-10(6-4-9)11(12(13)14)7-8-15-2/h3-6,11H,7-8H2,1-2H3,(H,13,14). The smallest absolute Gasteiger partial charge is 0.311 e. The number of methoxy groups -OCH3 is 1. The van der Waals surface area contributed by atoms with Crippen molar-refractivity contribution in [3.05, 3.63) is 35.4 Å². The lowest BCUT2D eigenvalue weighted by molar-refractivity contribution is -0.139. The number of carboxylic acids is 1. The first-order valence-electron chi connectivity index (χ1n) is 4.93. The fourth-order valence-electron chi connectivity index (χ4n) is 1.47. The van der Waals surface area contributed by atoms with Crippen LogP contribution in [0.2, 0.25) is 0 Å². The second kappa shape index (κ2) is 5.51. The summed E-state index contributed by atoms with van der Waals surface area (Å²) in [7, 11) is 1.58. The van der Waals surface area contributed by atoms with Crippen molar-refractivity contribution in [3.8, 4) is 0 Å². The SMILES string of the molecule is COCCC(C(=O)O)c1ccc(C)cc1. The first-order valence-corrected chi connectivity index (χ1v) is 4.93. The van der Waals surface area contributed by atoms with E-state index in [9.17, 15) is 4.79 Å². The number of carboxylic acid groups (broad SMARTS) is 1. The van der Waals surface area contributed by atoms with Crippen molar-refractivity contribution in [1.29, 1.82) is 0 Å². The van der Waals surface area contributed by atoms with Crippen LogP contribution in [0.1, 0.15) is 23.5 Å². The fraction of sp³-hybridized carbons (Fsp3) is 0.417. The number of aryl methyl sites for hydroxylation is 1. The monoisotopic (exact) mass is 208 g/mol. The molecular formula is C12H16O3. The van der Waals surface area contributed by atoms with Gasteiger partial charge in [-0.1, -0.05) is 29.8 Å². The summed E-state index contributed by atoms with van der Waals surface area (Å²) in [6.45, 7) is 2.44. The van der Waals surface area contributed by atoms with Crippen molar-refractivity contribution in [3.63, 3.8) is 0 Å². The summed E-state index contributed by atoms with van der Waals surface area (Å²) < 4.78 is 4.90. The van der Waals surface area contributed by atoms with Gasteiger partial charge in [-0.3, -0.25) is 4.79 Å². The highest BCUT2D eigenvalue weighted by Gasteiger charge is 2.18. The maximum atomic E-state index is 11.0. The summed E-state index contributed by atoms with van der Waals surface area (Å²) in [5.74, 6) is -1.26. The van der Waals surface area contributed by atoms with E-state index < -0.39 is 11.9 Å². The van der Waals surface area contributed by atoms with Crippen LogP contribution in [0, 0.1) is 6.92 Å². The normalized spacial score (nSPS) is 12.4. The van der Waals surface area contributed by atoms with Crippen molar-refractivity contribution in [2.24, 2.45) is 0 Å². The summed E-state index contributed by atoms with van der Waals surface area (Å²) in [4.78, 5) is 11.0. The molecule has 0 aliphatic carbocycles. The van der Waals surface area contributed by atoms with E-state index in [0.717, 1.165) is 11.1 Å². The third-order valence-corrected chi connectivity index (χ3v) is 2.39. The van der Waals surface area contributed by atoms with Gasteiger partial charge in [0.2, 0.25) is 0 Å². The number of rotatable bonds is 5.